The second-order valence-electron chi connectivity index (χ2n) is 12.2. The molecule has 3 N–H and O–H groups in total. The van der Waals surface area contributed by atoms with Crippen LogP contribution in [0.5, 0.6) is 0 Å². The van der Waals surface area contributed by atoms with Crippen LogP contribution in [0, 0.1) is 0 Å². The molecule has 6 rings (SSSR count). The Morgan fingerprint density at radius 3 is 2.45 bits per heavy atom. The molecular formula is C34H32F3N7O6S. The molecular weight excluding hydrogens is 691 g/mol. The standard InChI is InChI=1S/C34H32F3N7O6S/c35-34(36,37)26-16-22(25-7-6-14-51-25)40-27-17-23(42-44(26)27)30(47)38-13-5-3-1-2-4-8-28(45)39-18-19-9-10-20-21(15-19)33(50)43(32(20)49)24-11-12-29(46)41-31(24)48/h6-7,9-10,14-17,24H,1-5,8,11-13,18H2,(H,38,47)(H,39,45)(H,41,46,48). The van der Waals surface area contributed by atoms with Crippen molar-refractivity contribution in [2.24, 2.45) is 0 Å². The van der Waals surface area contributed by atoms with Gasteiger partial charge in [-0.15, -0.1) is 11.3 Å². The lowest BCUT2D eigenvalue weighted by Crippen LogP contribution is -2.54. The molecule has 0 saturated carbocycles. The highest BCUT2D eigenvalue weighted by Gasteiger charge is 2.44. The molecule has 51 heavy (non-hydrogen) atoms. The van der Waals surface area contributed by atoms with Gasteiger partial charge in [0, 0.05) is 32.0 Å². The number of nitrogens with zero attached hydrogens (tertiary/aromatic N) is 4. The van der Waals surface area contributed by atoms with E-state index in [2.05, 4.69) is 26.0 Å². The quantitative estimate of drug-likeness (QED) is 0.136. The average molecular weight is 724 g/mol. The maximum absolute atomic E-state index is 13.8. The van der Waals surface area contributed by atoms with Crippen molar-refractivity contribution in [3.8, 4) is 10.6 Å². The zero-order valence-corrected chi connectivity index (χ0v) is 27.9. The number of hydrogen-bond acceptors (Lipinski definition) is 9. The molecule has 0 spiro atoms. The van der Waals surface area contributed by atoms with E-state index in [4.69, 9.17) is 0 Å². The van der Waals surface area contributed by atoms with Crippen molar-refractivity contribution < 1.29 is 41.9 Å². The van der Waals surface area contributed by atoms with E-state index < -0.39 is 47.4 Å². The van der Waals surface area contributed by atoms with Crippen LogP contribution >= 0.6 is 11.3 Å². The molecule has 1 atom stereocenters. The van der Waals surface area contributed by atoms with Crippen molar-refractivity contribution >= 4 is 52.4 Å². The normalized spacial score (nSPS) is 16.1. The summed E-state index contributed by atoms with van der Waals surface area (Å²) in [5.41, 5.74) is -0.222. The van der Waals surface area contributed by atoms with E-state index in [9.17, 15) is 41.9 Å². The van der Waals surface area contributed by atoms with E-state index in [1.54, 1.807) is 23.6 Å². The van der Waals surface area contributed by atoms with E-state index in [1.807, 2.05) is 0 Å². The number of aromatic nitrogens is 3. The lowest BCUT2D eigenvalue weighted by Gasteiger charge is -2.27. The van der Waals surface area contributed by atoms with Crippen molar-refractivity contribution in [1.82, 2.24) is 35.4 Å². The Morgan fingerprint density at radius 1 is 0.941 bits per heavy atom. The number of benzene rings is 1. The van der Waals surface area contributed by atoms with Crippen LogP contribution < -0.4 is 16.0 Å². The number of imide groups is 2. The zero-order chi connectivity index (χ0) is 36.3. The third-order valence-corrected chi connectivity index (χ3v) is 9.48. The highest BCUT2D eigenvalue weighted by Crippen LogP contribution is 2.33. The summed E-state index contributed by atoms with van der Waals surface area (Å²) in [6.07, 6.45) is -0.768. The second-order valence-corrected chi connectivity index (χ2v) is 13.1. The third-order valence-electron chi connectivity index (χ3n) is 8.58. The predicted octanol–water partition coefficient (Wildman–Crippen LogP) is 4.26. The number of halogens is 3. The van der Waals surface area contributed by atoms with Gasteiger partial charge in [-0.1, -0.05) is 31.4 Å². The van der Waals surface area contributed by atoms with Gasteiger partial charge in [0.05, 0.1) is 21.7 Å². The Labute approximate surface area is 292 Å². The van der Waals surface area contributed by atoms with E-state index in [1.165, 1.54) is 29.5 Å². The molecule has 3 aromatic heterocycles. The number of carbonyl (C=O) groups is 6. The first kappa shape index (κ1) is 35.4. The highest BCUT2D eigenvalue weighted by molar-refractivity contribution is 7.13. The molecule has 1 aromatic carbocycles. The van der Waals surface area contributed by atoms with E-state index in [0.29, 0.717) is 34.3 Å². The topological polar surface area (TPSA) is 172 Å². The minimum atomic E-state index is -4.70. The van der Waals surface area contributed by atoms with Crippen LogP contribution in [0.2, 0.25) is 0 Å². The van der Waals surface area contributed by atoms with Crippen LogP contribution in [-0.4, -0.2) is 67.5 Å². The molecule has 1 fully saturated rings. The van der Waals surface area contributed by atoms with Crippen molar-refractivity contribution in [2.45, 2.75) is 70.1 Å². The van der Waals surface area contributed by atoms with E-state index >= 15 is 0 Å². The van der Waals surface area contributed by atoms with Gasteiger partial charge < -0.3 is 10.6 Å². The molecule has 0 radical (unpaired) electrons. The Balaban J connectivity index is 0.894. The number of amides is 6. The van der Waals surface area contributed by atoms with Gasteiger partial charge in [-0.05, 0) is 54.5 Å². The van der Waals surface area contributed by atoms with Gasteiger partial charge in [-0.25, -0.2) is 9.50 Å². The number of rotatable bonds is 13. The maximum Gasteiger partial charge on any atom is 0.433 e. The van der Waals surface area contributed by atoms with E-state index in [-0.39, 0.29) is 59.9 Å². The van der Waals surface area contributed by atoms with Crippen LogP contribution in [0.15, 0.2) is 47.8 Å². The Bertz CT molecular complexity index is 2030. The summed E-state index contributed by atoms with van der Waals surface area (Å²) in [6, 6.07) is 9.11. The number of alkyl halides is 3. The first-order valence-electron chi connectivity index (χ1n) is 16.3. The summed E-state index contributed by atoms with van der Waals surface area (Å²) < 4.78 is 42.0. The van der Waals surface area contributed by atoms with Crippen LogP contribution in [0.3, 0.4) is 0 Å². The molecule has 6 amide bonds. The van der Waals surface area contributed by atoms with Crippen LogP contribution in [0.4, 0.5) is 13.2 Å². The van der Waals surface area contributed by atoms with Gasteiger partial charge in [0.1, 0.15) is 6.04 Å². The fraction of sp³-hybridized carbons (Fsp3) is 0.353. The van der Waals surface area contributed by atoms with Crippen molar-refractivity contribution in [3.63, 3.8) is 0 Å². The third kappa shape index (κ3) is 7.82. The van der Waals surface area contributed by atoms with Gasteiger partial charge in [0.2, 0.25) is 17.7 Å². The number of fused-ring (bicyclic) bond motifs is 2. The Kier molecular flexibility index (Phi) is 10.3. The summed E-state index contributed by atoms with van der Waals surface area (Å²) in [7, 11) is 0. The molecule has 5 heterocycles. The lowest BCUT2D eigenvalue weighted by atomic mass is 10.0. The summed E-state index contributed by atoms with van der Waals surface area (Å²) in [5, 5.41) is 13.3. The SMILES string of the molecule is O=C(CCCCCCCNC(=O)c1cc2nc(-c3cccs3)cc(C(F)(F)F)n2n1)NCc1ccc2c(c1)C(=O)N(C1CCC(=O)NC1=O)C2=O. The molecule has 0 bridgehead atoms. The molecule has 1 saturated heterocycles. The van der Waals surface area contributed by atoms with E-state index in [0.717, 1.165) is 30.2 Å². The summed E-state index contributed by atoms with van der Waals surface area (Å²) in [4.78, 5) is 80.4. The Hall–Kier alpha value is -5.45. The summed E-state index contributed by atoms with van der Waals surface area (Å²) >= 11 is 1.25. The number of hydrogen-bond donors (Lipinski definition) is 3. The Morgan fingerprint density at radius 2 is 1.71 bits per heavy atom. The maximum atomic E-state index is 13.8. The summed E-state index contributed by atoms with van der Waals surface area (Å²) in [5.74, 6) is -3.14. The van der Waals surface area contributed by atoms with Crippen molar-refractivity contribution in [1.29, 1.82) is 0 Å². The minimum absolute atomic E-state index is 0.0279. The molecule has 2 aliphatic rings. The number of piperidine rings is 1. The first-order chi connectivity index (χ1) is 24.4. The molecule has 17 heteroatoms. The largest absolute Gasteiger partial charge is 0.433 e. The predicted molar refractivity (Wildman–Crippen MR) is 176 cm³/mol. The first-order valence-corrected chi connectivity index (χ1v) is 17.2. The second kappa shape index (κ2) is 14.8. The fourth-order valence-corrected chi connectivity index (χ4v) is 6.67. The van der Waals surface area contributed by atoms with Crippen molar-refractivity contribution in [3.05, 3.63) is 75.9 Å². The molecule has 13 nitrogen and oxygen atoms in total. The lowest BCUT2D eigenvalue weighted by molar-refractivity contribution is -0.142. The number of thiophene rings is 1. The van der Waals surface area contributed by atoms with Gasteiger partial charge in [0.15, 0.2) is 17.0 Å². The van der Waals surface area contributed by atoms with Gasteiger partial charge >= 0.3 is 6.18 Å². The van der Waals surface area contributed by atoms with Crippen LogP contribution in [0.1, 0.15) is 93.8 Å². The van der Waals surface area contributed by atoms with Gasteiger partial charge in [-0.3, -0.25) is 39.0 Å². The smallest absolute Gasteiger partial charge is 0.352 e. The zero-order valence-electron chi connectivity index (χ0n) is 27.0. The molecule has 4 aromatic rings. The number of nitrogens with one attached hydrogen (secondary N) is 3. The van der Waals surface area contributed by atoms with Gasteiger partial charge in [0.25, 0.3) is 17.7 Å². The molecule has 1 unspecified atom stereocenters. The average Bonchev–Trinajstić information content (AvgIpc) is 3.83. The van der Waals surface area contributed by atoms with Gasteiger partial charge in [-0.2, -0.15) is 18.3 Å². The highest BCUT2D eigenvalue weighted by atomic mass is 32.1. The monoisotopic (exact) mass is 723 g/mol. The summed E-state index contributed by atoms with van der Waals surface area (Å²) in [6.45, 7) is 0.439. The fourth-order valence-electron chi connectivity index (χ4n) is 5.99. The molecule has 2 aliphatic heterocycles. The number of unbranched alkanes of at least 4 members (excludes halogenated alkanes) is 4. The van der Waals surface area contributed by atoms with Crippen LogP contribution in [-0.2, 0) is 27.1 Å². The molecule has 266 valence electrons. The van der Waals surface area contributed by atoms with Crippen molar-refractivity contribution in [2.75, 3.05) is 6.54 Å². The minimum Gasteiger partial charge on any atom is -0.352 e. The molecule has 0 aliphatic carbocycles. The number of carbonyl (C=O) groups excluding carboxylic acids is 6. The van der Waals surface area contributed by atoms with Crippen LogP contribution in [0.25, 0.3) is 16.2 Å².